The Morgan fingerprint density at radius 2 is 2.35 bits per heavy atom. The molecule has 0 aliphatic carbocycles. The van der Waals surface area contributed by atoms with Gasteiger partial charge in [0.2, 0.25) is 0 Å². The first-order chi connectivity index (χ1) is 9.52. The Morgan fingerprint density at radius 1 is 1.60 bits per heavy atom. The molecule has 1 fully saturated rings. The quantitative estimate of drug-likeness (QED) is 0.825. The molecule has 4 nitrogen and oxygen atoms in total. The summed E-state index contributed by atoms with van der Waals surface area (Å²) in [5.74, 6) is -0.807. The van der Waals surface area contributed by atoms with Crippen molar-refractivity contribution in [3.63, 3.8) is 0 Å². The zero-order valence-electron chi connectivity index (χ0n) is 11.5. The number of likely N-dealkylation sites (N-methyl/N-ethyl adjacent to an activating group) is 1. The van der Waals surface area contributed by atoms with Crippen LogP contribution in [0.4, 0.5) is 10.1 Å². The van der Waals surface area contributed by atoms with Gasteiger partial charge in [-0.25, -0.2) is 4.39 Å². The summed E-state index contributed by atoms with van der Waals surface area (Å²) in [6.07, 6.45) is 2.23. The van der Waals surface area contributed by atoms with Crippen molar-refractivity contribution in [3.05, 3.63) is 28.0 Å². The van der Waals surface area contributed by atoms with Gasteiger partial charge in [-0.15, -0.1) is 0 Å². The van der Waals surface area contributed by atoms with Gasteiger partial charge in [-0.1, -0.05) is 6.92 Å². The topological polar surface area (TPSA) is 58.4 Å². The molecule has 1 unspecified atom stereocenters. The summed E-state index contributed by atoms with van der Waals surface area (Å²) in [6.45, 7) is 4.74. The Hall–Kier alpha value is -1.14. The summed E-state index contributed by atoms with van der Waals surface area (Å²) >= 11 is 3.15. The van der Waals surface area contributed by atoms with E-state index < -0.39 is 5.82 Å². The Bertz CT molecular complexity index is 509. The van der Waals surface area contributed by atoms with E-state index in [0.717, 1.165) is 25.9 Å². The molecule has 0 spiro atoms. The van der Waals surface area contributed by atoms with Crippen LogP contribution >= 0.6 is 15.9 Å². The molecule has 1 amide bonds. The largest absolute Gasteiger partial charge is 0.397 e. The molecule has 1 aromatic carbocycles. The van der Waals surface area contributed by atoms with Crippen LogP contribution in [0.2, 0.25) is 0 Å². The number of nitrogen functional groups attached to an aromatic ring is 1. The lowest BCUT2D eigenvalue weighted by atomic mass is 10.1. The van der Waals surface area contributed by atoms with Crippen molar-refractivity contribution in [2.45, 2.75) is 25.8 Å². The number of hydrogen-bond donors (Lipinski definition) is 2. The zero-order valence-corrected chi connectivity index (χ0v) is 13.0. The highest BCUT2D eigenvalue weighted by atomic mass is 79.9. The van der Waals surface area contributed by atoms with Gasteiger partial charge in [0.05, 0.1) is 11.3 Å². The summed E-state index contributed by atoms with van der Waals surface area (Å²) in [5.41, 5.74) is 6.25. The maximum atomic E-state index is 13.4. The highest BCUT2D eigenvalue weighted by molar-refractivity contribution is 9.10. The minimum atomic E-state index is -0.479. The first kappa shape index (κ1) is 15.3. The van der Waals surface area contributed by atoms with Gasteiger partial charge in [0.25, 0.3) is 5.91 Å². The highest BCUT2D eigenvalue weighted by Crippen LogP contribution is 2.25. The number of nitrogens with two attached hydrogens (primary N) is 1. The van der Waals surface area contributed by atoms with Crippen molar-refractivity contribution in [3.8, 4) is 0 Å². The number of carbonyl (C=O) groups excluding carboxylic acids is 1. The lowest BCUT2D eigenvalue weighted by Crippen LogP contribution is -2.40. The molecule has 110 valence electrons. The molecule has 1 aliphatic heterocycles. The maximum absolute atomic E-state index is 13.4. The third-order valence-electron chi connectivity index (χ3n) is 3.74. The van der Waals surface area contributed by atoms with Crippen molar-refractivity contribution < 1.29 is 9.18 Å². The number of hydrogen-bond acceptors (Lipinski definition) is 3. The van der Waals surface area contributed by atoms with Crippen LogP contribution in [-0.4, -0.2) is 36.5 Å². The summed E-state index contributed by atoms with van der Waals surface area (Å²) in [7, 11) is 0. The molecule has 0 radical (unpaired) electrons. The fourth-order valence-electron chi connectivity index (χ4n) is 2.62. The van der Waals surface area contributed by atoms with Crippen LogP contribution in [0.15, 0.2) is 16.6 Å². The SMILES string of the molecule is CCN1CCCC1CNC(=O)c1cc(F)cc(Br)c1N. The second-order valence-corrected chi connectivity index (χ2v) is 5.84. The lowest BCUT2D eigenvalue weighted by molar-refractivity contribution is 0.0942. The monoisotopic (exact) mass is 343 g/mol. The van der Waals surface area contributed by atoms with Crippen molar-refractivity contribution in [1.82, 2.24) is 10.2 Å². The van der Waals surface area contributed by atoms with E-state index in [4.69, 9.17) is 5.73 Å². The summed E-state index contributed by atoms with van der Waals surface area (Å²) in [5, 5.41) is 2.85. The van der Waals surface area contributed by atoms with E-state index in [1.807, 2.05) is 0 Å². The smallest absolute Gasteiger partial charge is 0.253 e. The number of benzene rings is 1. The summed E-state index contributed by atoms with van der Waals surface area (Å²) in [4.78, 5) is 14.5. The maximum Gasteiger partial charge on any atom is 0.253 e. The van der Waals surface area contributed by atoms with E-state index in [-0.39, 0.29) is 17.2 Å². The molecule has 1 aliphatic rings. The first-order valence-corrected chi connectivity index (χ1v) is 7.59. The molecule has 1 aromatic rings. The normalized spacial score (nSPS) is 19.2. The molecule has 0 saturated carbocycles. The number of rotatable bonds is 4. The fourth-order valence-corrected chi connectivity index (χ4v) is 3.05. The predicted octanol–water partition coefficient (Wildman–Crippen LogP) is 2.38. The molecule has 3 N–H and O–H groups in total. The van der Waals surface area contributed by atoms with E-state index in [9.17, 15) is 9.18 Å². The number of anilines is 1. The van der Waals surface area contributed by atoms with E-state index >= 15 is 0 Å². The fraction of sp³-hybridized carbons (Fsp3) is 0.500. The van der Waals surface area contributed by atoms with Gasteiger partial charge in [-0.3, -0.25) is 9.69 Å². The highest BCUT2D eigenvalue weighted by Gasteiger charge is 2.24. The van der Waals surface area contributed by atoms with Gasteiger partial charge in [0.15, 0.2) is 0 Å². The van der Waals surface area contributed by atoms with Gasteiger partial charge in [0, 0.05) is 17.1 Å². The van der Waals surface area contributed by atoms with E-state index in [1.165, 1.54) is 12.1 Å². The van der Waals surface area contributed by atoms with E-state index in [1.54, 1.807) is 0 Å². The zero-order chi connectivity index (χ0) is 14.7. The number of likely N-dealkylation sites (tertiary alicyclic amines) is 1. The number of carbonyl (C=O) groups is 1. The van der Waals surface area contributed by atoms with E-state index in [2.05, 4.69) is 33.1 Å². The van der Waals surface area contributed by atoms with Gasteiger partial charge < -0.3 is 11.1 Å². The van der Waals surface area contributed by atoms with Crippen molar-refractivity contribution in [2.75, 3.05) is 25.4 Å². The second kappa shape index (κ2) is 6.54. The van der Waals surface area contributed by atoms with Crippen molar-refractivity contribution in [1.29, 1.82) is 0 Å². The Morgan fingerprint density at radius 3 is 3.05 bits per heavy atom. The standard InChI is InChI=1S/C14H19BrFN3O/c1-2-19-5-3-4-10(19)8-18-14(20)11-6-9(16)7-12(15)13(11)17/h6-7,10H,2-5,8,17H2,1H3,(H,18,20). The first-order valence-electron chi connectivity index (χ1n) is 6.79. The van der Waals surface area contributed by atoms with Crippen molar-refractivity contribution in [2.24, 2.45) is 0 Å². The van der Waals surface area contributed by atoms with Crippen molar-refractivity contribution >= 4 is 27.5 Å². The van der Waals surface area contributed by atoms with Crippen LogP contribution in [0.1, 0.15) is 30.1 Å². The molecule has 0 bridgehead atoms. The predicted molar refractivity (Wildman–Crippen MR) is 81.1 cm³/mol. The van der Waals surface area contributed by atoms with Crippen LogP contribution in [0.25, 0.3) is 0 Å². The van der Waals surface area contributed by atoms with Gasteiger partial charge in [-0.2, -0.15) is 0 Å². The molecule has 6 heteroatoms. The molecule has 2 rings (SSSR count). The molecular formula is C14H19BrFN3O. The molecule has 1 saturated heterocycles. The number of halogens is 2. The van der Waals surface area contributed by atoms with Crippen LogP contribution in [0.3, 0.4) is 0 Å². The minimum absolute atomic E-state index is 0.179. The molecule has 1 atom stereocenters. The average molecular weight is 344 g/mol. The minimum Gasteiger partial charge on any atom is -0.397 e. The van der Waals surface area contributed by atoms with Crippen LogP contribution in [-0.2, 0) is 0 Å². The Kier molecular flexibility index (Phi) is 4.99. The number of amides is 1. The second-order valence-electron chi connectivity index (χ2n) is 4.98. The molecule has 20 heavy (non-hydrogen) atoms. The third-order valence-corrected chi connectivity index (χ3v) is 4.40. The Balaban J connectivity index is 2.02. The number of nitrogens with zero attached hydrogens (tertiary/aromatic N) is 1. The van der Waals surface area contributed by atoms with E-state index in [0.29, 0.717) is 17.1 Å². The van der Waals surface area contributed by atoms with Gasteiger partial charge >= 0.3 is 0 Å². The van der Waals surface area contributed by atoms with Crippen LogP contribution < -0.4 is 11.1 Å². The molecule has 0 aromatic heterocycles. The van der Waals surface area contributed by atoms with Crippen LogP contribution in [0, 0.1) is 5.82 Å². The van der Waals surface area contributed by atoms with Gasteiger partial charge in [0.1, 0.15) is 5.82 Å². The van der Waals surface area contributed by atoms with Crippen LogP contribution in [0.5, 0.6) is 0 Å². The molecule has 1 heterocycles. The lowest BCUT2D eigenvalue weighted by Gasteiger charge is -2.23. The average Bonchev–Trinajstić information content (AvgIpc) is 2.87. The van der Waals surface area contributed by atoms with Gasteiger partial charge in [-0.05, 0) is 54.0 Å². The Labute approximate surface area is 126 Å². The number of nitrogens with one attached hydrogen (secondary N) is 1. The summed E-state index contributed by atoms with van der Waals surface area (Å²) in [6, 6.07) is 2.78. The molecular weight excluding hydrogens is 325 g/mol. The third kappa shape index (κ3) is 3.30. The summed E-state index contributed by atoms with van der Waals surface area (Å²) < 4.78 is 13.8.